The Bertz CT molecular complexity index is 548. The molecule has 108 valence electrons. The van der Waals surface area contributed by atoms with E-state index in [4.69, 9.17) is 4.74 Å². The fourth-order valence-corrected chi connectivity index (χ4v) is 2.27. The molecule has 0 bridgehead atoms. The van der Waals surface area contributed by atoms with Crippen LogP contribution in [-0.2, 0) is 17.7 Å². The highest BCUT2D eigenvalue weighted by atomic mass is 16.5. The molecule has 20 heavy (non-hydrogen) atoms. The zero-order chi connectivity index (χ0) is 14.4. The molecule has 0 aliphatic rings. The van der Waals surface area contributed by atoms with E-state index in [1.54, 1.807) is 7.11 Å². The predicted molar refractivity (Wildman–Crippen MR) is 82.6 cm³/mol. The van der Waals surface area contributed by atoms with E-state index in [-0.39, 0.29) is 0 Å². The molecule has 0 radical (unpaired) electrons. The Hall–Kier alpha value is -1.81. The van der Waals surface area contributed by atoms with Gasteiger partial charge in [0.2, 0.25) is 5.95 Å². The number of hydrogen-bond donors (Lipinski definition) is 1. The van der Waals surface area contributed by atoms with Gasteiger partial charge in [0.25, 0.3) is 0 Å². The summed E-state index contributed by atoms with van der Waals surface area (Å²) in [5, 5.41) is 3.45. The third-order valence-corrected chi connectivity index (χ3v) is 3.29. The molecular weight excluding hydrogens is 250 g/mol. The molecule has 1 aromatic heterocycles. The molecule has 4 nitrogen and oxygen atoms in total. The molecule has 1 aromatic carbocycles. The first-order valence-corrected chi connectivity index (χ1v) is 7.12. The largest absolute Gasteiger partial charge is 0.385 e. The second-order valence-electron chi connectivity index (χ2n) is 4.88. The van der Waals surface area contributed by atoms with E-state index >= 15 is 0 Å². The molecule has 4 heteroatoms. The Balaban J connectivity index is 2.15. The summed E-state index contributed by atoms with van der Waals surface area (Å²) in [4.78, 5) is 4.57. The lowest BCUT2D eigenvalue weighted by Crippen LogP contribution is -2.06. The molecule has 0 atom stereocenters. The Morgan fingerprint density at radius 1 is 1.30 bits per heavy atom. The standard InChI is InChI=1S/C16H23N3O/c1-4-14-8-5-6-9-15(14)18-16-17-13(2)12-19(16)10-7-11-20-3/h5-6,8-9,12H,4,7,10-11H2,1-3H3,(H,17,18). The summed E-state index contributed by atoms with van der Waals surface area (Å²) in [6.45, 7) is 5.86. The summed E-state index contributed by atoms with van der Waals surface area (Å²) in [7, 11) is 1.73. The second kappa shape index (κ2) is 7.10. The summed E-state index contributed by atoms with van der Waals surface area (Å²) in [5.74, 6) is 0.902. The Morgan fingerprint density at radius 3 is 2.85 bits per heavy atom. The molecule has 2 aromatic rings. The van der Waals surface area contributed by atoms with Crippen molar-refractivity contribution in [3.05, 3.63) is 41.7 Å². The fraction of sp³-hybridized carbons (Fsp3) is 0.438. The molecule has 0 aliphatic carbocycles. The van der Waals surface area contributed by atoms with Gasteiger partial charge in [-0.25, -0.2) is 4.98 Å². The smallest absolute Gasteiger partial charge is 0.207 e. The van der Waals surface area contributed by atoms with Crippen molar-refractivity contribution in [3.8, 4) is 0 Å². The summed E-state index contributed by atoms with van der Waals surface area (Å²) in [5.41, 5.74) is 3.46. The minimum atomic E-state index is 0.766. The normalized spacial score (nSPS) is 10.8. The van der Waals surface area contributed by atoms with Crippen molar-refractivity contribution in [1.82, 2.24) is 9.55 Å². The van der Waals surface area contributed by atoms with Crippen LogP contribution in [0.2, 0.25) is 0 Å². The molecule has 1 N–H and O–H groups in total. The number of nitrogens with zero attached hydrogens (tertiary/aromatic N) is 2. The quantitative estimate of drug-likeness (QED) is 0.784. The van der Waals surface area contributed by atoms with Crippen molar-refractivity contribution >= 4 is 11.6 Å². The number of aromatic nitrogens is 2. The molecule has 0 saturated carbocycles. The molecule has 0 amide bonds. The fourth-order valence-electron chi connectivity index (χ4n) is 2.27. The molecule has 0 unspecified atom stereocenters. The van der Waals surface area contributed by atoms with Gasteiger partial charge in [-0.3, -0.25) is 0 Å². The highest BCUT2D eigenvalue weighted by molar-refractivity contribution is 5.59. The predicted octanol–water partition coefficient (Wildman–Crippen LogP) is 3.53. The monoisotopic (exact) mass is 273 g/mol. The van der Waals surface area contributed by atoms with Gasteiger partial charge in [-0.1, -0.05) is 25.1 Å². The first kappa shape index (κ1) is 14.6. The summed E-state index contributed by atoms with van der Waals surface area (Å²) in [6, 6.07) is 8.36. The van der Waals surface area contributed by atoms with Crippen LogP contribution in [0, 0.1) is 6.92 Å². The van der Waals surface area contributed by atoms with Crippen LogP contribution in [0.15, 0.2) is 30.5 Å². The molecule has 0 fully saturated rings. The van der Waals surface area contributed by atoms with Crippen LogP contribution in [0.5, 0.6) is 0 Å². The number of methoxy groups -OCH3 is 1. The Labute approximate surface area is 120 Å². The van der Waals surface area contributed by atoms with Crippen molar-refractivity contribution in [2.75, 3.05) is 19.0 Å². The second-order valence-corrected chi connectivity index (χ2v) is 4.88. The van der Waals surface area contributed by atoms with Gasteiger partial charge in [0, 0.05) is 32.1 Å². The number of benzene rings is 1. The number of nitrogens with one attached hydrogen (secondary N) is 1. The van der Waals surface area contributed by atoms with Crippen molar-refractivity contribution in [2.45, 2.75) is 33.2 Å². The van der Waals surface area contributed by atoms with Gasteiger partial charge >= 0.3 is 0 Å². The van der Waals surface area contributed by atoms with Gasteiger partial charge in [-0.15, -0.1) is 0 Å². The Kier molecular flexibility index (Phi) is 5.18. The maximum Gasteiger partial charge on any atom is 0.207 e. The van der Waals surface area contributed by atoms with Gasteiger partial charge in [0.15, 0.2) is 0 Å². The highest BCUT2D eigenvalue weighted by Crippen LogP contribution is 2.21. The maximum atomic E-state index is 5.11. The van der Waals surface area contributed by atoms with Crippen LogP contribution in [0.3, 0.4) is 0 Å². The minimum absolute atomic E-state index is 0.766. The molecule has 2 rings (SSSR count). The van der Waals surface area contributed by atoms with Crippen LogP contribution in [-0.4, -0.2) is 23.3 Å². The first-order valence-electron chi connectivity index (χ1n) is 7.12. The SMILES string of the molecule is CCc1ccccc1Nc1nc(C)cn1CCCOC. The number of para-hydroxylation sites is 1. The molecule has 0 saturated heterocycles. The third-order valence-electron chi connectivity index (χ3n) is 3.29. The molecular formula is C16H23N3O. The van der Waals surface area contributed by atoms with E-state index in [9.17, 15) is 0 Å². The van der Waals surface area contributed by atoms with E-state index in [1.807, 2.05) is 13.0 Å². The van der Waals surface area contributed by atoms with Crippen LogP contribution >= 0.6 is 0 Å². The van der Waals surface area contributed by atoms with Gasteiger partial charge in [0.1, 0.15) is 0 Å². The lowest BCUT2D eigenvalue weighted by molar-refractivity contribution is 0.190. The zero-order valence-electron chi connectivity index (χ0n) is 12.5. The van der Waals surface area contributed by atoms with E-state index in [1.165, 1.54) is 5.56 Å². The summed E-state index contributed by atoms with van der Waals surface area (Å²) >= 11 is 0. The minimum Gasteiger partial charge on any atom is -0.385 e. The summed E-state index contributed by atoms with van der Waals surface area (Å²) in [6.07, 6.45) is 4.06. The van der Waals surface area contributed by atoms with E-state index in [2.05, 4.69) is 46.2 Å². The van der Waals surface area contributed by atoms with Gasteiger partial charge in [-0.2, -0.15) is 0 Å². The van der Waals surface area contributed by atoms with Gasteiger partial charge in [-0.05, 0) is 31.4 Å². The topological polar surface area (TPSA) is 39.1 Å². The summed E-state index contributed by atoms with van der Waals surface area (Å²) < 4.78 is 7.26. The number of anilines is 2. The maximum absolute atomic E-state index is 5.11. The van der Waals surface area contributed by atoms with E-state index in [0.717, 1.165) is 43.3 Å². The number of hydrogen-bond acceptors (Lipinski definition) is 3. The zero-order valence-corrected chi connectivity index (χ0v) is 12.5. The van der Waals surface area contributed by atoms with Crippen LogP contribution in [0.4, 0.5) is 11.6 Å². The van der Waals surface area contributed by atoms with E-state index < -0.39 is 0 Å². The lowest BCUT2D eigenvalue weighted by Gasteiger charge is -2.12. The van der Waals surface area contributed by atoms with E-state index in [0.29, 0.717) is 0 Å². The number of rotatable bonds is 7. The lowest BCUT2D eigenvalue weighted by atomic mass is 10.1. The van der Waals surface area contributed by atoms with Gasteiger partial charge < -0.3 is 14.6 Å². The molecule has 1 heterocycles. The van der Waals surface area contributed by atoms with Crippen molar-refractivity contribution in [3.63, 3.8) is 0 Å². The van der Waals surface area contributed by atoms with Crippen molar-refractivity contribution < 1.29 is 4.74 Å². The average Bonchev–Trinajstić information content (AvgIpc) is 2.80. The van der Waals surface area contributed by atoms with Crippen LogP contribution < -0.4 is 5.32 Å². The average molecular weight is 273 g/mol. The van der Waals surface area contributed by atoms with Crippen LogP contribution in [0.25, 0.3) is 0 Å². The first-order chi connectivity index (χ1) is 9.74. The van der Waals surface area contributed by atoms with Crippen LogP contribution in [0.1, 0.15) is 24.6 Å². The van der Waals surface area contributed by atoms with Crippen molar-refractivity contribution in [2.24, 2.45) is 0 Å². The van der Waals surface area contributed by atoms with Crippen molar-refractivity contribution in [1.29, 1.82) is 0 Å². The third kappa shape index (κ3) is 3.61. The molecule has 0 aliphatic heterocycles. The molecule has 0 spiro atoms. The number of ether oxygens (including phenoxy) is 1. The van der Waals surface area contributed by atoms with Gasteiger partial charge in [0.05, 0.1) is 5.69 Å². The Morgan fingerprint density at radius 2 is 2.10 bits per heavy atom. The number of imidazole rings is 1. The highest BCUT2D eigenvalue weighted by Gasteiger charge is 2.07. The number of aryl methyl sites for hydroxylation is 3.